The van der Waals surface area contributed by atoms with E-state index in [9.17, 15) is 4.79 Å². The van der Waals surface area contributed by atoms with Crippen LogP contribution >= 0.6 is 0 Å². The zero-order chi connectivity index (χ0) is 9.97. The van der Waals surface area contributed by atoms with Crippen molar-refractivity contribution in [1.29, 1.82) is 0 Å². The number of nitrogens with one attached hydrogen (secondary N) is 1. The lowest BCUT2D eigenvalue weighted by atomic mass is 10.4. The van der Waals surface area contributed by atoms with E-state index < -0.39 is 0 Å². The molecule has 0 atom stereocenters. The van der Waals surface area contributed by atoms with Gasteiger partial charge in [0, 0.05) is 32.7 Å². The number of rotatable bonds is 5. The van der Waals surface area contributed by atoms with Crippen LogP contribution in [0.25, 0.3) is 0 Å². The maximum Gasteiger partial charge on any atom is 0.319 e. The van der Waals surface area contributed by atoms with E-state index in [0.717, 1.165) is 38.6 Å². The van der Waals surface area contributed by atoms with Crippen LogP contribution in [0.2, 0.25) is 0 Å². The molecule has 0 aromatic rings. The second kappa shape index (κ2) is 4.17. The molecular weight excluding hydrogens is 178 g/mol. The van der Waals surface area contributed by atoms with Gasteiger partial charge in [0.25, 0.3) is 0 Å². The smallest absolute Gasteiger partial charge is 0.319 e. The molecule has 1 N–H and O–H groups in total. The third-order valence-electron chi connectivity index (χ3n) is 2.92. The molecular formula is C10H19N3O. The van der Waals surface area contributed by atoms with E-state index in [1.54, 1.807) is 4.90 Å². The normalized spacial score (nSPS) is 22.2. The highest BCUT2D eigenvalue weighted by Crippen LogP contribution is 2.18. The maximum atomic E-state index is 11.5. The van der Waals surface area contributed by atoms with Gasteiger partial charge in [-0.3, -0.25) is 0 Å². The van der Waals surface area contributed by atoms with Gasteiger partial charge in [0.15, 0.2) is 0 Å². The monoisotopic (exact) mass is 197 g/mol. The molecule has 1 aliphatic heterocycles. The van der Waals surface area contributed by atoms with Gasteiger partial charge in [-0.05, 0) is 25.8 Å². The van der Waals surface area contributed by atoms with Crippen LogP contribution in [0.15, 0.2) is 0 Å². The first kappa shape index (κ1) is 9.77. The predicted molar refractivity (Wildman–Crippen MR) is 55.2 cm³/mol. The lowest BCUT2D eigenvalue weighted by Gasteiger charge is -2.15. The lowest BCUT2D eigenvalue weighted by Crippen LogP contribution is -2.32. The van der Waals surface area contributed by atoms with E-state index in [0.29, 0.717) is 0 Å². The lowest BCUT2D eigenvalue weighted by molar-refractivity contribution is 0.198. The second-order valence-corrected chi connectivity index (χ2v) is 4.27. The van der Waals surface area contributed by atoms with Gasteiger partial charge in [-0.15, -0.1) is 0 Å². The standard InChI is InChI=1S/C10H19N3O/c1-12-7-8-13(10(12)14)6-2-5-11-9-3-4-9/h9,11H,2-8H2,1H3. The van der Waals surface area contributed by atoms with Crippen LogP contribution in [0.5, 0.6) is 0 Å². The van der Waals surface area contributed by atoms with Gasteiger partial charge in [-0.25, -0.2) is 4.79 Å². The molecule has 2 fully saturated rings. The number of urea groups is 1. The summed E-state index contributed by atoms with van der Waals surface area (Å²) in [7, 11) is 1.87. The van der Waals surface area contributed by atoms with Crippen molar-refractivity contribution in [3.05, 3.63) is 0 Å². The van der Waals surface area contributed by atoms with Gasteiger partial charge in [0.1, 0.15) is 0 Å². The topological polar surface area (TPSA) is 35.6 Å². The van der Waals surface area contributed by atoms with Gasteiger partial charge in [0.2, 0.25) is 0 Å². The van der Waals surface area contributed by atoms with Crippen molar-refractivity contribution in [1.82, 2.24) is 15.1 Å². The maximum absolute atomic E-state index is 11.5. The van der Waals surface area contributed by atoms with Gasteiger partial charge < -0.3 is 15.1 Å². The molecule has 0 spiro atoms. The molecule has 2 amide bonds. The molecule has 4 nitrogen and oxygen atoms in total. The number of hydrogen-bond donors (Lipinski definition) is 1. The predicted octanol–water partition coefficient (Wildman–Crippen LogP) is 0.496. The van der Waals surface area contributed by atoms with Crippen LogP contribution in [0.3, 0.4) is 0 Å². The molecule has 0 bridgehead atoms. The van der Waals surface area contributed by atoms with Crippen molar-refractivity contribution in [2.75, 3.05) is 33.2 Å². The second-order valence-electron chi connectivity index (χ2n) is 4.27. The first-order chi connectivity index (χ1) is 6.77. The highest BCUT2D eigenvalue weighted by Gasteiger charge is 2.24. The minimum Gasteiger partial charge on any atom is -0.326 e. The fourth-order valence-electron chi connectivity index (χ4n) is 1.77. The summed E-state index contributed by atoms with van der Waals surface area (Å²) in [4.78, 5) is 15.2. The van der Waals surface area contributed by atoms with Gasteiger partial charge in [0.05, 0.1) is 0 Å². The minimum absolute atomic E-state index is 0.191. The van der Waals surface area contributed by atoms with Crippen molar-refractivity contribution in [2.45, 2.75) is 25.3 Å². The number of hydrogen-bond acceptors (Lipinski definition) is 2. The molecule has 1 aliphatic carbocycles. The van der Waals surface area contributed by atoms with E-state index >= 15 is 0 Å². The van der Waals surface area contributed by atoms with Crippen molar-refractivity contribution in [3.63, 3.8) is 0 Å². The van der Waals surface area contributed by atoms with Gasteiger partial charge >= 0.3 is 6.03 Å². The molecule has 2 rings (SSSR count). The number of likely N-dealkylation sites (N-methyl/N-ethyl adjacent to an activating group) is 1. The summed E-state index contributed by atoms with van der Waals surface area (Å²) in [6, 6.07) is 0.975. The molecule has 80 valence electrons. The summed E-state index contributed by atoms with van der Waals surface area (Å²) in [6.45, 7) is 3.74. The summed E-state index contributed by atoms with van der Waals surface area (Å²) in [5, 5.41) is 3.46. The first-order valence-corrected chi connectivity index (χ1v) is 5.51. The minimum atomic E-state index is 0.191. The number of carbonyl (C=O) groups is 1. The van der Waals surface area contributed by atoms with Crippen LogP contribution in [-0.2, 0) is 0 Å². The van der Waals surface area contributed by atoms with Crippen LogP contribution in [0.4, 0.5) is 4.79 Å². The number of amides is 2. The van der Waals surface area contributed by atoms with Gasteiger partial charge in [-0.1, -0.05) is 0 Å². The Bertz CT molecular complexity index is 215. The summed E-state index contributed by atoms with van der Waals surface area (Å²) < 4.78 is 0. The highest BCUT2D eigenvalue weighted by atomic mass is 16.2. The third kappa shape index (κ3) is 2.38. The Hall–Kier alpha value is -0.770. The van der Waals surface area contributed by atoms with E-state index in [2.05, 4.69) is 5.32 Å². The van der Waals surface area contributed by atoms with Crippen molar-refractivity contribution in [3.8, 4) is 0 Å². The van der Waals surface area contributed by atoms with E-state index in [-0.39, 0.29) is 6.03 Å². The Kier molecular flexibility index (Phi) is 2.91. The van der Waals surface area contributed by atoms with E-state index in [4.69, 9.17) is 0 Å². The first-order valence-electron chi connectivity index (χ1n) is 5.51. The fraction of sp³-hybridized carbons (Fsp3) is 0.900. The molecule has 1 heterocycles. The SMILES string of the molecule is CN1CCN(CCCNC2CC2)C1=O. The quantitative estimate of drug-likeness (QED) is 0.651. The summed E-state index contributed by atoms with van der Waals surface area (Å²) in [6.07, 6.45) is 3.76. The van der Waals surface area contributed by atoms with Crippen LogP contribution in [-0.4, -0.2) is 55.1 Å². The Morgan fingerprint density at radius 1 is 1.43 bits per heavy atom. The number of carbonyl (C=O) groups excluding carboxylic acids is 1. The molecule has 2 aliphatic rings. The van der Waals surface area contributed by atoms with Crippen LogP contribution in [0, 0.1) is 0 Å². The molecule has 1 saturated heterocycles. The summed E-state index contributed by atoms with van der Waals surface area (Å²) >= 11 is 0. The Labute approximate surface area is 85.2 Å². The van der Waals surface area contributed by atoms with Crippen molar-refractivity contribution < 1.29 is 4.79 Å². The fourth-order valence-corrected chi connectivity index (χ4v) is 1.77. The van der Waals surface area contributed by atoms with Crippen LogP contribution < -0.4 is 5.32 Å². The van der Waals surface area contributed by atoms with E-state index in [1.165, 1.54) is 12.8 Å². The molecule has 0 unspecified atom stereocenters. The van der Waals surface area contributed by atoms with Crippen molar-refractivity contribution >= 4 is 6.03 Å². The highest BCUT2D eigenvalue weighted by molar-refractivity contribution is 5.76. The molecule has 0 radical (unpaired) electrons. The summed E-state index contributed by atoms with van der Waals surface area (Å²) in [5.74, 6) is 0. The average molecular weight is 197 g/mol. The van der Waals surface area contributed by atoms with Crippen molar-refractivity contribution in [2.24, 2.45) is 0 Å². The molecule has 4 heteroatoms. The molecule has 14 heavy (non-hydrogen) atoms. The Morgan fingerprint density at radius 3 is 2.79 bits per heavy atom. The molecule has 1 saturated carbocycles. The zero-order valence-electron chi connectivity index (χ0n) is 8.83. The largest absolute Gasteiger partial charge is 0.326 e. The summed E-state index contributed by atoms with van der Waals surface area (Å²) in [5.41, 5.74) is 0. The van der Waals surface area contributed by atoms with Gasteiger partial charge in [-0.2, -0.15) is 0 Å². The van der Waals surface area contributed by atoms with Crippen LogP contribution in [0.1, 0.15) is 19.3 Å². The van der Waals surface area contributed by atoms with E-state index in [1.807, 2.05) is 11.9 Å². The third-order valence-corrected chi connectivity index (χ3v) is 2.92. The zero-order valence-corrected chi connectivity index (χ0v) is 8.83. The average Bonchev–Trinajstić information content (AvgIpc) is 2.94. The molecule has 0 aromatic carbocycles. The Morgan fingerprint density at radius 2 is 2.21 bits per heavy atom. The molecule has 0 aromatic heterocycles. The number of nitrogens with zero attached hydrogens (tertiary/aromatic N) is 2. The Balaban J connectivity index is 1.58.